The van der Waals surface area contributed by atoms with Crippen molar-refractivity contribution in [3.8, 4) is 0 Å². The Morgan fingerprint density at radius 1 is 1.26 bits per heavy atom. The molecule has 1 aromatic heterocycles. The SMILES string of the molecule is CN(Cc1ccoc1)Cc1ccc(B(O)O)cc1F. The van der Waals surface area contributed by atoms with Crippen molar-refractivity contribution >= 4 is 12.6 Å². The molecule has 0 aliphatic carbocycles. The lowest BCUT2D eigenvalue weighted by molar-refractivity contribution is 0.312. The summed E-state index contributed by atoms with van der Waals surface area (Å²) in [4.78, 5) is 1.94. The van der Waals surface area contributed by atoms with Crippen LogP contribution in [0.25, 0.3) is 0 Å². The predicted octanol–water partition coefficient (Wildman–Crippen LogP) is 0.730. The van der Waals surface area contributed by atoms with E-state index in [1.54, 1.807) is 18.6 Å². The minimum absolute atomic E-state index is 0.152. The van der Waals surface area contributed by atoms with E-state index in [1.807, 2.05) is 18.0 Å². The summed E-state index contributed by atoms with van der Waals surface area (Å²) >= 11 is 0. The lowest BCUT2D eigenvalue weighted by Crippen LogP contribution is -2.30. The fraction of sp³-hybridized carbons (Fsp3) is 0.231. The normalized spacial score (nSPS) is 11.0. The number of furan rings is 1. The van der Waals surface area contributed by atoms with E-state index >= 15 is 0 Å². The molecule has 0 saturated carbocycles. The van der Waals surface area contributed by atoms with Crippen molar-refractivity contribution in [1.82, 2.24) is 4.90 Å². The number of benzene rings is 1. The maximum atomic E-state index is 13.8. The fourth-order valence-corrected chi connectivity index (χ4v) is 1.89. The second-order valence-corrected chi connectivity index (χ2v) is 4.53. The van der Waals surface area contributed by atoms with Crippen LogP contribution >= 0.6 is 0 Å². The summed E-state index contributed by atoms with van der Waals surface area (Å²) in [5.74, 6) is -0.440. The van der Waals surface area contributed by atoms with Crippen LogP contribution < -0.4 is 5.46 Å². The second-order valence-electron chi connectivity index (χ2n) is 4.53. The van der Waals surface area contributed by atoms with Gasteiger partial charge in [-0.15, -0.1) is 0 Å². The monoisotopic (exact) mass is 263 g/mol. The van der Waals surface area contributed by atoms with Gasteiger partial charge in [0.1, 0.15) is 5.82 Å². The van der Waals surface area contributed by atoms with Gasteiger partial charge < -0.3 is 14.5 Å². The van der Waals surface area contributed by atoms with E-state index in [9.17, 15) is 4.39 Å². The highest BCUT2D eigenvalue weighted by Crippen LogP contribution is 2.11. The number of halogens is 1. The topological polar surface area (TPSA) is 56.8 Å². The van der Waals surface area contributed by atoms with Crippen molar-refractivity contribution in [3.05, 3.63) is 53.7 Å². The number of hydrogen-bond donors (Lipinski definition) is 2. The average molecular weight is 263 g/mol. The van der Waals surface area contributed by atoms with Gasteiger partial charge in [0.25, 0.3) is 0 Å². The first-order chi connectivity index (χ1) is 9.06. The summed E-state index contributed by atoms with van der Waals surface area (Å²) in [6.07, 6.45) is 3.25. The molecule has 1 aromatic carbocycles. The fourth-order valence-electron chi connectivity index (χ4n) is 1.89. The van der Waals surface area contributed by atoms with Crippen LogP contribution in [0.3, 0.4) is 0 Å². The predicted molar refractivity (Wildman–Crippen MR) is 70.1 cm³/mol. The Hall–Kier alpha value is -1.63. The molecule has 100 valence electrons. The zero-order valence-electron chi connectivity index (χ0n) is 10.6. The minimum Gasteiger partial charge on any atom is -0.472 e. The zero-order valence-corrected chi connectivity index (χ0v) is 10.6. The molecular weight excluding hydrogens is 248 g/mol. The lowest BCUT2D eigenvalue weighted by Gasteiger charge is -2.16. The van der Waals surface area contributed by atoms with Gasteiger partial charge in [0.2, 0.25) is 0 Å². The largest absolute Gasteiger partial charge is 0.488 e. The molecule has 1 heterocycles. The molecule has 6 heteroatoms. The van der Waals surface area contributed by atoms with E-state index in [0.717, 1.165) is 11.6 Å². The molecule has 2 rings (SSSR count). The Bertz CT molecular complexity index is 531. The lowest BCUT2D eigenvalue weighted by atomic mass is 9.80. The summed E-state index contributed by atoms with van der Waals surface area (Å²) < 4.78 is 18.8. The third kappa shape index (κ3) is 3.67. The highest BCUT2D eigenvalue weighted by Gasteiger charge is 2.14. The average Bonchev–Trinajstić information content (AvgIpc) is 2.84. The number of rotatable bonds is 5. The summed E-state index contributed by atoms with van der Waals surface area (Å²) in [6.45, 7) is 1.08. The molecule has 0 radical (unpaired) electrons. The Morgan fingerprint density at radius 2 is 2.05 bits per heavy atom. The Kier molecular flexibility index (Phi) is 4.37. The number of hydrogen-bond acceptors (Lipinski definition) is 4. The van der Waals surface area contributed by atoms with Crippen LogP contribution in [0, 0.1) is 5.82 Å². The Morgan fingerprint density at radius 3 is 2.63 bits per heavy atom. The summed E-state index contributed by atoms with van der Waals surface area (Å²) in [5, 5.41) is 17.9. The third-order valence-electron chi connectivity index (χ3n) is 2.85. The molecule has 0 amide bonds. The zero-order chi connectivity index (χ0) is 13.8. The van der Waals surface area contributed by atoms with Crippen LogP contribution in [-0.2, 0) is 13.1 Å². The molecule has 4 nitrogen and oxygen atoms in total. The molecule has 2 aromatic rings. The van der Waals surface area contributed by atoms with Crippen molar-refractivity contribution in [2.75, 3.05) is 7.05 Å². The van der Waals surface area contributed by atoms with Gasteiger partial charge in [-0.3, -0.25) is 4.90 Å². The first kappa shape index (κ1) is 13.8. The van der Waals surface area contributed by atoms with E-state index in [4.69, 9.17) is 14.5 Å². The molecule has 0 fully saturated rings. The van der Waals surface area contributed by atoms with Gasteiger partial charge in [0.15, 0.2) is 0 Å². The maximum Gasteiger partial charge on any atom is 0.488 e. The van der Waals surface area contributed by atoms with Gasteiger partial charge >= 0.3 is 7.12 Å². The molecule has 0 aliphatic rings. The van der Waals surface area contributed by atoms with E-state index in [1.165, 1.54) is 6.07 Å². The number of nitrogens with zero attached hydrogens (tertiary/aromatic N) is 1. The van der Waals surface area contributed by atoms with Crippen LogP contribution in [0.5, 0.6) is 0 Å². The van der Waals surface area contributed by atoms with Crippen molar-refractivity contribution < 1.29 is 18.9 Å². The van der Waals surface area contributed by atoms with Gasteiger partial charge in [-0.1, -0.05) is 12.1 Å². The van der Waals surface area contributed by atoms with Crippen LogP contribution in [0.15, 0.2) is 41.2 Å². The van der Waals surface area contributed by atoms with Gasteiger partial charge in [-0.05, 0) is 24.6 Å². The van der Waals surface area contributed by atoms with E-state index < -0.39 is 12.9 Å². The summed E-state index contributed by atoms with van der Waals surface area (Å²) in [7, 11) is 0.230. The quantitative estimate of drug-likeness (QED) is 0.781. The molecule has 0 spiro atoms. The molecule has 0 unspecified atom stereocenters. The first-order valence-electron chi connectivity index (χ1n) is 5.90. The molecule has 2 N–H and O–H groups in total. The Balaban J connectivity index is 2.02. The summed E-state index contributed by atoms with van der Waals surface area (Å²) in [5.41, 5.74) is 1.68. The highest BCUT2D eigenvalue weighted by molar-refractivity contribution is 6.58. The minimum atomic E-state index is -1.65. The molecule has 0 aliphatic heterocycles. The van der Waals surface area contributed by atoms with Crippen LogP contribution in [0.1, 0.15) is 11.1 Å². The standard InChI is InChI=1S/C13H15BFNO3/c1-16(7-10-4-5-19-9-10)8-11-2-3-12(14(17)18)6-13(11)15/h2-6,9,17-18H,7-8H2,1H3. The first-order valence-corrected chi connectivity index (χ1v) is 5.90. The van der Waals surface area contributed by atoms with E-state index in [2.05, 4.69) is 0 Å². The molecule has 19 heavy (non-hydrogen) atoms. The van der Waals surface area contributed by atoms with Crippen molar-refractivity contribution in [1.29, 1.82) is 0 Å². The smallest absolute Gasteiger partial charge is 0.472 e. The third-order valence-corrected chi connectivity index (χ3v) is 2.85. The van der Waals surface area contributed by atoms with Gasteiger partial charge in [0, 0.05) is 24.2 Å². The van der Waals surface area contributed by atoms with E-state index in [0.29, 0.717) is 18.7 Å². The van der Waals surface area contributed by atoms with Crippen molar-refractivity contribution in [2.24, 2.45) is 0 Å². The maximum absolute atomic E-state index is 13.8. The molecule has 0 saturated heterocycles. The van der Waals surface area contributed by atoms with Gasteiger partial charge in [0.05, 0.1) is 12.5 Å². The highest BCUT2D eigenvalue weighted by atomic mass is 19.1. The van der Waals surface area contributed by atoms with Crippen molar-refractivity contribution in [2.45, 2.75) is 13.1 Å². The van der Waals surface area contributed by atoms with Crippen LogP contribution in [0.2, 0.25) is 0 Å². The molecule has 0 atom stereocenters. The van der Waals surface area contributed by atoms with Crippen LogP contribution in [0.4, 0.5) is 4.39 Å². The Labute approximate surface area is 111 Å². The van der Waals surface area contributed by atoms with Gasteiger partial charge in [-0.2, -0.15) is 0 Å². The van der Waals surface area contributed by atoms with Gasteiger partial charge in [-0.25, -0.2) is 4.39 Å². The summed E-state index contributed by atoms with van der Waals surface area (Å²) in [6, 6.07) is 6.08. The molecular formula is C13H15BFNO3. The van der Waals surface area contributed by atoms with Crippen molar-refractivity contribution in [3.63, 3.8) is 0 Å². The van der Waals surface area contributed by atoms with E-state index in [-0.39, 0.29) is 5.46 Å². The second kappa shape index (κ2) is 6.01. The molecule has 0 bridgehead atoms. The van der Waals surface area contributed by atoms with Crippen LogP contribution in [-0.4, -0.2) is 29.1 Å².